The second-order valence-corrected chi connectivity index (χ2v) is 8.80. The van der Waals surface area contributed by atoms with E-state index in [0.29, 0.717) is 17.2 Å². The first kappa shape index (κ1) is 17.7. The maximum atomic E-state index is 12.5. The molecular formula is C17H17N5O3S2. The Bertz CT molecular complexity index is 1040. The van der Waals surface area contributed by atoms with Crippen LogP contribution < -0.4 is 10.0 Å². The minimum absolute atomic E-state index is 0.0771. The van der Waals surface area contributed by atoms with Crippen molar-refractivity contribution in [3.63, 3.8) is 0 Å². The Balaban J connectivity index is 1.41. The number of H-pyrrole nitrogens is 1. The number of carbonyl (C=O) groups excluding carboxylic acids is 1. The number of nitrogens with zero attached hydrogens (tertiary/aromatic N) is 2. The lowest BCUT2D eigenvalue weighted by molar-refractivity contribution is -0.120. The molecule has 1 aromatic carbocycles. The molecule has 2 aromatic heterocycles. The molecule has 4 rings (SSSR count). The first-order valence-corrected chi connectivity index (χ1v) is 10.7. The minimum Gasteiger partial charge on any atom is -0.348 e. The Labute approximate surface area is 160 Å². The van der Waals surface area contributed by atoms with Gasteiger partial charge in [0.25, 0.3) is 10.0 Å². The van der Waals surface area contributed by atoms with Gasteiger partial charge in [-0.3, -0.25) is 9.52 Å². The highest BCUT2D eigenvalue weighted by Gasteiger charge is 2.26. The highest BCUT2D eigenvalue weighted by atomic mass is 32.2. The molecule has 1 amide bonds. The second kappa shape index (κ2) is 7.12. The van der Waals surface area contributed by atoms with Crippen LogP contribution in [0, 0.1) is 5.92 Å². The van der Waals surface area contributed by atoms with Gasteiger partial charge in [0.2, 0.25) is 5.91 Å². The highest BCUT2D eigenvalue weighted by molar-refractivity contribution is 7.93. The van der Waals surface area contributed by atoms with Crippen LogP contribution in [0.1, 0.15) is 17.8 Å². The van der Waals surface area contributed by atoms with Crippen molar-refractivity contribution in [3.8, 4) is 0 Å². The molecule has 0 bridgehead atoms. The van der Waals surface area contributed by atoms with Crippen molar-refractivity contribution < 1.29 is 13.2 Å². The predicted octanol–water partition coefficient (Wildman–Crippen LogP) is 2.41. The normalized spacial score (nSPS) is 16.5. The number of hydrogen-bond donors (Lipinski definition) is 3. The molecule has 10 heteroatoms. The maximum absolute atomic E-state index is 12.5. The van der Waals surface area contributed by atoms with E-state index in [9.17, 15) is 13.2 Å². The van der Waals surface area contributed by atoms with Crippen molar-refractivity contribution in [2.75, 3.05) is 10.0 Å². The molecule has 0 spiro atoms. The van der Waals surface area contributed by atoms with Crippen molar-refractivity contribution in [3.05, 3.63) is 53.6 Å². The monoisotopic (exact) mass is 403 g/mol. The predicted molar refractivity (Wildman–Crippen MR) is 102 cm³/mol. The lowest BCUT2D eigenvalue weighted by atomic mass is 9.89. The number of aromatic amines is 1. The van der Waals surface area contributed by atoms with Gasteiger partial charge in [-0.2, -0.15) is 0 Å². The summed E-state index contributed by atoms with van der Waals surface area (Å²) in [4.78, 5) is 23.8. The number of hydrogen-bond acceptors (Lipinski definition) is 6. The van der Waals surface area contributed by atoms with Gasteiger partial charge in [-0.25, -0.2) is 18.4 Å². The number of rotatable bonds is 5. The number of aryl methyl sites for hydroxylation is 1. The van der Waals surface area contributed by atoms with Crippen molar-refractivity contribution in [1.29, 1.82) is 0 Å². The third-order valence-electron chi connectivity index (χ3n) is 4.44. The van der Waals surface area contributed by atoms with E-state index in [-0.39, 0.29) is 16.7 Å². The van der Waals surface area contributed by atoms with Gasteiger partial charge in [-0.15, -0.1) is 11.3 Å². The zero-order chi connectivity index (χ0) is 18.9. The molecule has 1 atom stereocenters. The number of sulfonamides is 1. The van der Waals surface area contributed by atoms with E-state index in [4.69, 9.17) is 0 Å². The summed E-state index contributed by atoms with van der Waals surface area (Å²) in [5.74, 6) is -0.209. The Hall–Kier alpha value is -2.72. The maximum Gasteiger partial charge on any atom is 0.263 e. The summed E-state index contributed by atoms with van der Waals surface area (Å²) in [6.07, 6.45) is 5.33. The molecule has 27 heavy (non-hydrogen) atoms. The zero-order valence-corrected chi connectivity index (χ0v) is 15.8. The van der Waals surface area contributed by atoms with Gasteiger partial charge in [0, 0.05) is 35.3 Å². The standard InChI is InChI=1S/C17H17N5O3S2/c23-16(11-1-6-14-15(9-11)20-10-19-14)21-12-2-4-13(5-3-12)27(24,25)22-17-18-7-8-26-17/h2-5,7-8,10-11H,1,6,9H2,(H,18,22)(H,19,20)(H,21,23). The van der Waals surface area contributed by atoms with E-state index in [1.807, 2.05) is 0 Å². The summed E-state index contributed by atoms with van der Waals surface area (Å²) in [5.41, 5.74) is 2.60. The summed E-state index contributed by atoms with van der Waals surface area (Å²) in [5, 5.41) is 4.86. The summed E-state index contributed by atoms with van der Waals surface area (Å²) in [6.45, 7) is 0. The van der Waals surface area contributed by atoms with E-state index in [1.54, 1.807) is 23.8 Å². The van der Waals surface area contributed by atoms with E-state index in [1.165, 1.54) is 29.7 Å². The smallest absolute Gasteiger partial charge is 0.263 e. The summed E-state index contributed by atoms with van der Waals surface area (Å²) < 4.78 is 27.1. The molecule has 1 unspecified atom stereocenters. The van der Waals surface area contributed by atoms with Crippen molar-refractivity contribution in [1.82, 2.24) is 15.0 Å². The minimum atomic E-state index is -3.70. The van der Waals surface area contributed by atoms with Gasteiger partial charge in [0.1, 0.15) is 0 Å². The van der Waals surface area contributed by atoms with Gasteiger partial charge < -0.3 is 10.3 Å². The summed E-state index contributed by atoms with van der Waals surface area (Å²) >= 11 is 1.20. The number of aromatic nitrogens is 3. The fraction of sp³-hybridized carbons (Fsp3) is 0.235. The lowest BCUT2D eigenvalue weighted by Gasteiger charge is -2.20. The van der Waals surface area contributed by atoms with Crippen LogP contribution in [0.2, 0.25) is 0 Å². The highest BCUT2D eigenvalue weighted by Crippen LogP contribution is 2.25. The molecule has 0 fully saturated rings. The molecule has 1 aliphatic rings. The van der Waals surface area contributed by atoms with Crippen LogP contribution >= 0.6 is 11.3 Å². The average molecular weight is 403 g/mol. The van der Waals surface area contributed by atoms with Gasteiger partial charge in [0.15, 0.2) is 5.13 Å². The largest absolute Gasteiger partial charge is 0.348 e. The van der Waals surface area contributed by atoms with Crippen LogP contribution in [-0.2, 0) is 27.7 Å². The van der Waals surface area contributed by atoms with Crippen LogP contribution in [-0.4, -0.2) is 29.3 Å². The molecule has 0 saturated heterocycles. The number of nitrogens with one attached hydrogen (secondary N) is 3. The second-order valence-electron chi connectivity index (χ2n) is 6.22. The van der Waals surface area contributed by atoms with Crippen molar-refractivity contribution in [2.24, 2.45) is 5.92 Å². The van der Waals surface area contributed by atoms with Crippen LogP contribution in [0.5, 0.6) is 0 Å². The molecule has 140 valence electrons. The first-order valence-electron chi connectivity index (χ1n) is 8.35. The number of fused-ring (bicyclic) bond motifs is 1. The number of amides is 1. The van der Waals surface area contributed by atoms with E-state index < -0.39 is 10.0 Å². The van der Waals surface area contributed by atoms with Crippen LogP contribution in [0.4, 0.5) is 10.8 Å². The van der Waals surface area contributed by atoms with Gasteiger partial charge in [0.05, 0.1) is 16.9 Å². The Kier molecular flexibility index (Phi) is 4.66. The molecule has 0 aliphatic heterocycles. The van der Waals surface area contributed by atoms with Gasteiger partial charge >= 0.3 is 0 Å². The van der Waals surface area contributed by atoms with Crippen LogP contribution in [0.3, 0.4) is 0 Å². The summed E-state index contributed by atoms with van der Waals surface area (Å²) in [7, 11) is -3.70. The van der Waals surface area contributed by atoms with Crippen LogP contribution in [0.15, 0.2) is 47.1 Å². The van der Waals surface area contributed by atoms with Crippen molar-refractivity contribution in [2.45, 2.75) is 24.2 Å². The SMILES string of the molecule is O=C(Nc1ccc(S(=O)(=O)Nc2nccs2)cc1)C1CCc2nc[nH]c2C1. The third-order valence-corrected chi connectivity index (χ3v) is 6.62. The zero-order valence-electron chi connectivity index (χ0n) is 14.2. The van der Waals surface area contributed by atoms with E-state index in [2.05, 4.69) is 25.0 Å². The fourth-order valence-corrected chi connectivity index (χ4v) is 4.82. The number of benzene rings is 1. The molecular weight excluding hydrogens is 386 g/mol. The van der Waals surface area contributed by atoms with E-state index in [0.717, 1.165) is 24.2 Å². The fourth-order valence-electron chi connectivity index (χ4n) is 3.03. The Morgan fingerprint density at radius 3 is 2.78 bits per heavy atom. The molecule has 3 aromatic rings. The Morgan fingerprint density at radius 1 is 1.22 bits per heavy atom. The molecule has 1 aliphatic carbocycles. The molecule has 8 nitrogen and oxygen atoms in total. The molecule has 3 N–H and O–H groups in total. The number of thiazole rings is 1. The third kappa shape index (κ3) is 3.86. The van der Waals surface area contributed by atoms with Crippen molar-refractivity contribution >= 4 is 38.1 Å². The quantitative estimate of drug-likeness (QED) is 0.605. The topological polar surface area (TPSA) is 117 Å². The molecule has 0 saturated carbocycles. The first-order chi connectivity index (χ1) is 13.0. The summed E-state index contributed by atoms with van der Waals surface area (Å²) in [6, 6.07) is 6.08. The number of imidazole rings is 1. The number of carbonyl (C=O) groups is 1. The van der Waals surface area contributed by atoms with E-state index >= 15 is 0 Å². The van der Waals surface area contributed by atoms with Gasteiger partial charge in [-0.05, 0) is 37.1 Å². The Morgan fingerprint density at radius 2 is 2.04 bits per heavy atom. The molecule has 0 radical (unpaired) electrons. The molecule has 2 heterocycles. The average Bonchev–Trinajstić information content (AvgIpc) is 3.32. The lowest BCUT2D eigenvalue weighted by Crippen LogP contribution is -2.28. The van der Waals surface area contributed by atoms with Gasteiger partial charge in [-0.1, -0.05) is 0 Å². The van der Waals surface area contributed by atoms with Crippen LogP contribution in [0.25, 0.3) is 0 Å². The number of anilines is 2.